The normalized spacial score (nSPS) is 15.9. The number of hydrogen-bond donors (Lipinski definition) is 0. The summed E-state index contributed by atoms with van der Waals surface area (Å²) in [5, 5.41) is 4.10. The zero-order valence-electron chi connectivity index (χ0n) is 12.6. The molecule has 0 aliphatic carbocycles. The Morgan fingerprint density at radius 2 is 2.09 bits per heavy atom. The van der Waals surface area contributed by atoms with E-state index in [2.05, 4.69) is 15.0 Å². The van der Waals surface area contributed by atoms with Crippen molar-refractivity contribution in [2.45, 2.75) is 13.5 Å². The number of nitrogens with zero attached hydrogens (tertiary/aromatic N) is 4. The minimum Gasteiger partial charge on any atom is -0.338 e. The van der Waals surface area contributed by atoms with Gasteiger partial charge in [0.25, 0.3) is 5.91 Å². The second kappa shape index (κ2) is 6.64. The van der Waals surface area contributed by atoms with Crippen LogP contribution in [-0.2, 0) is 6.54 Å². The maximum absolute atomic E-state index is 13.8. The molecule has 1 aromatic heterocycles. The highest BCUT2D eigenvalue weighted by molar-refractivity contribution is 6.31. The van der Waals surface area contributed by atoms with Gasteiger partial charge in [-0.3, -0.25) is 9.69 Å². The molecule has 122 valence electrons. The average molecular weight is 339 g/mol. The van der Waals surface area contributed by atoms with E-state index >= 15 is 0 Å². The molecule has 1 amide bonds. The molecule has 23 heavy (non-hydrogen) atoms. The second-order valence-corrected chi connectivity index (χ2v) is 5.86. The van der Waals surface area contributed by atoms with E-state index < -0.39 is 5.82 Å². The van der Waals surface area contributed by atoms with Crippen LogP contribution in [0, 0.1) is 12.7 Å². The third kappa shape index (κ3) is 3.68. The van der Waals surface area contributed by atoms with Gasteiger partial charge >= 0.3 is 0 Å². The molecular formula is C15H16ClFN4O2. The lowest BCUT2D eigenvalue weighted by Gasteiger charge is -2.34. The van der Waals surface area contributed by atoms with E-state index in [-0.39, 0.29) is 11.5 Å². The molecular weight excluding hydrogens is 323 g/mol. The van der Waals surface area contributed by atoms with E-state index in [0.29, 0.717) is 49.5 Å². The van der Waals surface area contributed by atoms with Crippen LogP contribution in [0.15, 0.2) is 22.7 Å². The first-order valence-electron chi connectivity index (χ1n) is 7.29. The molecule has 8 heteroatoms. The summed E-state index contributed by atoms with van der Waals surface area (Å²) in [5.74, 6) is 0.273. The van der Waals surface area contributed by atoms with Gasteiger partial charge in [-0.25, -0.2) is 4.39 Å². The van der Waals surface area contributed by atoms with Crippen molar-refractivity contribution in [3.8, 4) is 0 Å². The lowest BCUT2D eigenvalue weighted by molar-refractivity contribution is 0.0610. The summed E-state index contributed by atoms with van der Waals surface area (Å²) < 4.78 is 18.9. The Bertz CT molecular complexity index is 713. The molecule has 0 unspecified atom stereocenters. The summed E-state index contributed by atoms with van der Waals surface area (Å²) in [7, 11) is 0. The summed E-state index contributed by atoms with van der Waals surface area (Å²) in [4.78, 5) is 20.3. The Hall–Kier alpha value is -1.99. The van der Waals surface area contributed by atoms with Crippen LogP contribution in [-0.4, -0.2) is 52.0 Å². The number of carbonyl (C=O) groups excluding carboxylic acids is 1. The first kappa shape index (κ1) is 15.9. The van der Waals surface area contributed by atoms with Gasteiger partial charge in [-0.2, -0.15) is 4.98 Å². The largest absolute Gasteiger partial charge is 0.338 e. The molecule has 0 saturated carbocycles. The Labute approximate surface area is 137 Å². The van der Waals surface area contributed by atoms with Gasteiger partial charge in [0.2, 0.25) is 5.89 Å². The number of halogens is 2. The van der Waals surface area contributed by atoms with Crippen molar-refractivity contribution in [3.05, 3.63) is 46.3 Å². The highest BCUT2D eigenvalue weighted by Gasteiger charge is 2.25. The number of aryl methyl sites for hydroxylation is 1. The van der Waals surface area contributed by atoms with Crippen molar-refractivity contribution in [1.82, 2.24) is 19.9 Å². The van der Waals surface area contributed by atoms with Gasteiger partial charge in [0.15, 0.2) is 5.82 Å². The fraction of sp³-hybridized carbons (Fsp3) is 0.400. The summed E-state index contributed by atoms with van der Waals surface area (Å²) in [5.41, 5.74) is 0.0125. The van der Waals surface area contributed by atoms with Crippen LogP contribution < -0.4 is 0 Å². The molecule has 0 radical (unpaired) electrons. The van der Waals surface area contributed by atoms with Gasteiger partial charge in [0, 0.05) is 31.2 Å². The van der Waals surface area contributed by atoms with Crippen LogP contribution in [0.3, 0.4) is 0 Å². The molecule has 1 fully saturated rings. The molecule has 1 aliphatic heterocycles. The van der Waals surface area contributed by atoms with Gasteiger partial charge in [0.05, 0.1) is 12.1 Å². The van der Waals surface area contributed by atoms with Crippen molar-refractivity contribution in [2.24, 2.45) is 0 Å². The number of carbonyl (C=O) groups is 1. The molecule has 6 nitrogen and oxygen atoms in total. The van der Waals surface area contributed by atoms with Crippen LogP contribution in [0.1, 0.15) is 22.1 Å². The summed E-state index contributed by atoms with van der Waals surface area (Å²) in [6, 6.07) is 4.01. The maximum Gasteiger partial charge on any atom is 0.256 e. The van der Waals surface area contributed by atoms with Crippen LogP contribution in [0.4, 0.5) is 4.39 Å². The average Bonchev–Trinajstić information content (AvgIpc) is 2.95. The number of rotatable bonds is 3. The number of benzene rings is 1. The Kier molecular flexibility index (Phi) is 4.58. The lowest BCUT2D eigenvalue weighted by Crippen LogP contribution is -2.48. The molecule has 1 saturated heterocycles. The third-order valence-corrected chi connectivity index (χ3v) is 3.98. The van der Waals surface area contributed by atoms with Crippen molar-refractivity contribution in [3.63, 3.8) is 0 Å². The van der Waals surface area contributed by atoms with E-state index in [1.807, 2.05) is 0 Å². The van der Waals surface area contributed by atoms with E-state index in [4.69, 9.17) is 16.1 Å². The number of hydrogen-bond acceptors (Lipinski definition) is 5. The Morgan fingerprint density at radius 3 is 2.74 bits per heavy atom. The first-order chi connectivity index (χ1) is 11.0. The highest BCUT2D eigenvalue weighted by Crippen LogP contribution is 2.18. The number of piperazine rings is 1. The summed E-state index contributed by atoms with van der Waals surface area (Å²) >= 11 is 5.85. The molecule has 1 aromatic carbocycles. The molecule has 3 rings (SSSR count). The van der Waals surface area contributed by atoms with Gasteiger partial charge in [-0.15, -0.1) is 0 Å². The van der Waals surface area contributed by atoms with Crippen LogP contribution in [0.25, 0.3) is 0 Å². The quantitative estimate of drug-likeness (QED) is 0.858. The highest BCUT2D eigenvalue weighted by atomic mass is 35.5. The van der Waals surface area contributed by atoms with Crippen molar-refractivity contribution < 1.29 is 13.7 Å². The molecule has 2 aromatic rings. The smallest absolute Gasteiger partial charge is 0.256 e. The number of aromatic nitrogens is 2. The lowest BCUT2D eigenvalue weighted by atomic mass is 10.1. The maximum atomic E-state index is 13.8. The molecule has 2 heterocycles. The molecule has 1 aliphatic rings. The van der Waals surface area contributed by atoms with Crippen LogP contribution in [0.2, 0.25) is 5.02 Å². The van der Waals surface area contributed by atoms with Crippen molar-refractivity contribution in [2.75, 3.05) is 26.2 Å². The van der Waals surface area contributed by atoms with Crippen molar-refractivity contribution >= 4 is 17.5 Å². The van der Waals surface area contributed by atoms with Crippen molar-refractivity contribution in [1.29, 1.82) is 0 Å². The summed E-state index contributed by atoms with van der Waals surface area (Å²) in [6.07, 6.45) is 0. The Morgan fingerprint density at radius 1 is 1.35 bits per heavy atom. The molecule has 0 N–H and O–H groups in total. The molecule has 0 bridgehead atoms. The van der Waals surface area contributed by atoms with Gasteiger partial charge in [0.1, 0.15) is 5.82 Å². The molecule has 0 atom stereocenters. The SMILES string of the molecule is Cc1noc(CN2CCN(C(=O)c3cc(Cl)ccc3F)CC2)n1. The van der Waals surface area contributed by atoms with E-state index in [1.54, 1.807) is 11.8 Å². The predicted molar refractivity (Wildman–Crippen MR) is 81.6 cm³/mol. The Balaban J connectivity index is 1.60. The zero-order valence-corrected chi connectivity index (χ0v) is 13.4. The topological polar surface area (TPSA) is 62.5 Å². The monoisotopic (exact) mass is 338 g/mol. The zero-order chi connectivity index (χ0) is 16.4. The summed E-state index contributed by atoms with van der Waals surface area (Å²) in [6.45, 7) is 4.66. The van der Waals surface area contributed by atoms with E-state index in [0.717, 1.165) is 0 Å². The van der Waals surface area contributed by atoms with Gasteiger partial charge in [-0.05, 0) is 25.1 Å². The second-order valence-electron chi connectivity index (χ2n) is 5.43. The van der Waals surface area contributed by atoms with Crippen LogP contribution >= 0.6 is 11.6 Å². The first-order valence-corrected chi connectivity index (χ1v) is 7.66. The van der Waals surface area contributed by atoms with Gasteiger partial charge < -0.3 is 9.42 Å². The van der Waals surface area contributed by atoms with Crippen LogP contribution in [0.5, 0.6) is 0 Å². The fourth-order valence-corrected chi connectivity index (χ4v) is 2.71. The van der Waals surface area contributed by atoms with Gasteiger partial charge in [-0.1, -0.05) is 16.8 Å². The fourth-order valence-electron chi connectivity index (χ4n) is 2.54. The predicted octanol–water partition coefficient (Wildman–Crippen LogP) is 2.13. The minimum atomic E-state index is -0.553. The van der Waals surface area contributed by atoms with E-state index in [1.165, 1.54) is 18.2 Å². The molecule has 0 spiro atoms. The van der Waals surface area contributed by atoms with E-state index in [9.17, 15) is 9.18 Å². The standard InChI is InChI=1S/C15H16ClFN4O2/c1-10-18-14(23-19-10)9-20-4-6-21(7-5-20)15(22)12-8-11(16)2-3-13(12)17/h2-3,8H,4-7,9H2,1H3. The third-order valence-electron chi connectivity index (χ3n) is 3.75. The number of amides is 1. The minimum absolute atomic E-state index is 0.0125.